The minimum Gasteiger partial charge on any atom is -0.257 e. The molecule has 0 saturated carbocycles. The monoisotopic (exact) mass is 109 g/mol. The van der Waals surface area contributed by atoms with Crippen LogP contribution < -0.4 is 10.7 Å². The van der Waals surface area contributed by atoms with Crippen LogP contribution in [0.2, 0.25) is 0 Å². The smallest absolute Gasteiger partial charge is 0.257 e. The third-order valence-electron chi connectivity index (χ3n) is 0.127. The summed E-state index contributed by atoms with van der Waals surface area (Å²) in [6.45, 7) is 0. The van der Waals surface area contributed by atoms with E-state index in [1.165, 1.54) is 0 Å². The zero-order valence-corrected chi connectivity index (χ0v) is 3.57. The van der Waals surface area contributed by atoms with Gasteiger partial charge < -0.3 is 0 Å². The van der Waals surface area contributed by atoms with Gasteiger partial charge in [0.05, 0.1) is 0 Å². The molecule has 3 N–H and O–H groups in total. The molecule has 6 heavy (non-hydrogen) atoms. The maximum Gasteiger partial charge on any atom is 0.335 e. The number of hydrazine groups is 1. The van der Waals surface area contributed by atoms with Crippen LogP contribution in [0, 0.1) is 10.1 Å². The molecular weight excluding hydrogens is 106 g/mol. The van der Waals surface area contributed by atoms with Crippen LogP contribution in [0.15, 0.2) is 0 Å². The Kier molecular flexibility index (Phi) is 2.73. The van der Waals surface area contributed by atoms with Gasteiger partial charge in [-0.2, -0.15) is 0 Å². The van der Waals surface area contributed by atoms with Crippen molar-refractivity contribution < 1.29 is 4.33 Å². The molecule has 0 atom stereocenters. The second-order valence-electron chi connectivity index (χ2n) is 0.433. The Labute approximate surface area is 38.3 Å². The molecule has 0 aromatic rings. The number of hydrogen-bond acceptors (Lipinski definition) is 5. The first kappa shape index (κ1) is 5.67. The van der Waals surface area contributed by atoms with Gasteiger partial charge in [0.2, 0.25) is 0 Å². The van der Waals surface area contributed by atoms with Gasteiger partial charge >= 0.3 is 12.1 Å². The fraction of sp³-hybridized carbons (Fsp3) is 0. The summed E-state index contributed by atoms with van der Waals surface area (Å²) in [5.41, 5.74) is 0. The molecule has 0 aliphatic rings. The number of nitrogens with zero attached hydrogens (tertiary/aromatic N) is 1. The third kappa shape index (κ3) is 3.67. The van der Waals surface area contributed by atoms with Gasteiger partial charge in [0.25, 0.3) is 0 Å². The van der Waals surface area contributed by atoms with E-state index >= 15 is 0 Å². The molecule has 0 unspecified atom stereocenters. The van der Waals surface area contributed by atoms with E-state index in [4.69, 9.17) is 0 Å². The maximum atomic E-state index is 9.23. The van der Waals surface area contributed by atoms with E-state index in [-0.39, 0.29) is 12.1 Å². The summed E-state index contributed by atoms with van der Waals surface area (Å²) in [5, 5.41) is 9.23. The molecule has 0 heterocycles. The molecule has 0 spiro atoms. The predicted octanol–water partition coefficient (Wildman–Crippen LogP) is -0.710. The number of nitrogens with two attached hydrogens (primary N) is 1. The van der Waals surface area contributed by atoms with E-state index in [9.17, 15) is 10.1 Å². The Morgan fingerprint density at radius 3 is 2.50 bits per heavy atom. The molecule has 0 rings (SSSR count). The number of hydrogen-bond donors (Lipinski definition) is 2. The van der Waals surface area contributed by atoms with E-state index in [0.29, 0.717) is 0 Å². The summed E-state index contributed by atoms with van der Waals surface area (Å²) < 4.78 is -0.639. The van der Waals surface area contributed by atoms with E-state index < -0.39 is 4.33 Å². The van der Waals surface area contributed by atoms with Crippen LogP contribution in [0.25, 0.3) is 0 Å². The lowest BCUT2D eigenvalue weighted by Crippen LogP contribution is -2.14. The van der Waals surface area contributed by atoms with Crippen molar-refractivity contribution in [1.82, 2.24) is 4.83 Å². The molecular formula is H3N3O2S. The van der Waals surface area contributed by atoms with Crippen LogP contribution in [-0.2, 0) is 0 Å². The lowest BCUT2D eigenvalue weighted by Gasteiger charge is -1.78. The molecule has 36 valence electrons. The van der Waals surface area contributed by atoms with Crippen LogP contribution in [-0.4, -0.2) is 4.33 Å². The fourth-order valence-corrected chi connectivity index (χ4v) is 0.129. The van der Waals surface area contributed by atoms with Gasteiger partial charge in [-0.05, 0) is 0 Å². The molecule has 0 aliphatic carbocycles. The van der Waals surface area contributed by atoms with E-state index in [0.717, 1.165) is 0 Å². The minimum atomic E-state index is -0.639. The van der Waals surface area contributed by atoms with Gasteiger partial charge in [0.1, 0.15) is 4.33 Å². The van der Waals surface area contributed by atoms with Crippen LogP contribution in [0.4, 0.5) is 0 Å². The molecule has 0 aliphatic heterocycles. The maximum absolute atomic E-state index is 9.23. The Morgan fingerprint density at radius 2 is 2.50 bits per heavy atom. The predicted molar refractivity (Wildman–Crippen MR) is 21.9 cm³/mol. The summed E-state index contributed by atoms with van der Waals surface area (Å²) in [7, 11) is 0. The highest BCUT2D eigenvalue weighted by molar-refractivity contribution is 7.91. The van der Waals surface area contributed by atoms with Crippen molar-refractivity contribution in [1.29, 1.82) is 0 Å². The Balaban J connectivity index is 2.83. The highest BCUT2D eigenvalue weighted by atomic mass is 32.2. The van der Waals surface area contributed by atoms with E-state index in [1.54, 1.807) is 4.83 Å². The lowest BCUT2D eigenvalue weighted by molar-refractivity contribution is -0.285. The third-order valence-corrected chi connectivity index (χ3v) is 0.382. The zero-order chi connectivity index (χ0) is 4.99. The Bertz CT molecular complexity index is 52.8. The van der Waals surface area contributed by atoms with Crippen LogP contribution in [0.5, 0.6) is 0 Å². The summed E-state index contributed by atoms with van der Waals surface area (Å²) in [6, 6.07) is 0. The number of nitro groups is 1. The van der Waals surface area contributed by atoms with Crippen molar-refractivity contribution in [3.8, 4) is 0 Å². The molecule has 0 aromatic carbocycles. The number of rotatable bonds is 2. The quantitative estimate of drug-likeness (QED) is 0.212. The topological polar surface area (TPSA) is 81.2 Å². The first-order valence-electron chi connectivity index (χ1n) is 1.04. The van der Waals surface area contributed by atoms with Crippen LogP contribution in [0.3, 0.4) is 0 Å². The summed E-state index contributed by atoms with van der Waals surface area (Å²) in [6.07, 6.45) is 0. The first-order chi connectivity index (χ1) is 2.77. The Hall–Kier alpha value is -0.330. The van der Waals surface area contributed by atoms with Crippen molar-refractivity contribution in [2.24, 2.45) is 5.84 Å². The largest absolute Gasteiger partial charge is 0.335 e. The van der Waals surface area contributed by atoms with Crippen LogP contribution in [0.1, 0.15) is 0 Å². The average Bonchev–Trinajstić information content (AvgIpc) is 1.35. The highest BCUT2D eigenvalue weighted by Gasteiger charge is 1.90. The van der Waals surface area contributed by atoms with Crippen molar-refractivity contribution in [2.75, 3.05) is 0 Å². The molecule has 0 bridgehead atoms. The molecule has 0 fully saturated rings. The normalized spacial score (nSPS) is 8.17. The van der Waals surface area contributed by atoms with Gasteiger partial charge in [-0.1, -0.05) is 0 Å². The van der Waals surface area contributed by atoms with Crippen LogP contribution >= 0.6 is 12.1 Å². The average molecular weight is 109 g/mol. The van der Waals surface area contributed by atoms with Gasteiger partial charge in [-0.3, -0.25) is 5.84 Å². The Morgan fingerprint density at radius 1 is 2.00 bits per heavy atom. The summed E-state index contributed by atoms with van der Waals surface area (Å²) in [5.74, 6) is 4.50. The molecule has 0 amide bonds. The second kappa shape index (κ2) is 2.88. The highest BCUT2D eigenvalue weighted by Crippen LogP contribution is 1.84. The van der Waals surface area contributed by atoms with Gasteiger partial charge in [-0.25, -0.2) is 10.1 Å². The van der Waals surface area contributed by atoms with Gasteiger partial charge in [0.15, 0.2) is 0 Å². The van der Waals surface area contributed by atoms with Crippen molar-refractivity contribution >= 4 is 12.1 Å². The summed E-state index contributed by atoms with van der Waals surface area (Å²) in [4.78, 5) is 11.0. The van der Waals surface area contributed by atoms with Gasteiger partial charge in [-0.15, -0.1) is 4.83 Å². The molecule has 0 aromatic heterocycles. The lowest BCUT2D eigenvalue weighted by atomic mass is 13.0. The zero-order valence-electron chi connectivity index (χ0n) is 2.75. The molecule has 0 radical (unpaired) electrons. The first-order valence-corrected chi connectivity index (χ1v) is 1.81. The SMILES string of the molecule is NNS[N+](=O)[O-]. The van der Waals surface area contributed by atoms with Crippen molar-refractivity contribution in [3.05, 3.63) is 10.1 Å². The molecule has 5 nitrogen and oxygen atoms in total. The molecule has 6 heteroatoms. The van der Waals surface area contributed by atoms with Crippen molar-refractivity contribution in [2.45, 2.75) is 0 Å². The second-order valence-corrected chi connectivity index (χ2v) is 1.15. The fourth-order valence-electron chi connectivity index (χ4n) is 0.0430. The standard InChI is InChI=1S/H3N3O2S/c1-2-6-3(4)5/h2H,1H2. The van der Waals surface area contributed by atoms with E-state index in [2.05, 4.69) is 5.84 Å². The number of nitrogens with one attached hydrogen (secondary N) is 1. The van der Waals surface area contributed by atoms with Crippen molar-refractivity contribution in [3.63, 3.8) is 0 Å². The van der Waals surface area contributed by atoms with E-state index in [1.807, 2.05) is 0 Å². The molecule has 0 saturated heterocycles. The minimum absolute atomic E-state index is 0.236. The summed E-state index contributed by atoms with van der Waals surface area (Å²) >= 11 is 0.236. The van der Waals surface area contributed by atoms with Gasteiger partial charge in [0, 0.05) is 0 Å².